The normalized spacial score (nSPS) is 12.3. The number of carbonyl (C=O) groups excluding carboxylic acids is 1. The fourth-order valence-electron chi connectivity index (χ4n) is 3.83. The van der Waals surface area contributed by atoms with Gasteiger partial charge in [0.15, 0.2) is 11.6 Å². The van der Waals surface area contributed by atoms with E-state index in [0.717, 1.165) is 44.7 Å². The van der Waals surface area contributed by atoms with E-state index in [9.17, 15) is 4.79 Å². The number of carbonyl (C=O) groups is 1. The third kappa shape index (κ3) is 2.15. The van der Waals surface area contributed by atoms with Crippen LogP contribution in [0.3, 0.4) is 0 Å². The number of hydrogen-bond acceptors (Lipinski definition) is 4. The third-order valence-corrected chi connectivity index (χ3v) is 5.14. The van der Waals surface area contributed by atoms with Crippen molar-refractivity contribution in [3.63, 3.8) is 0 Å². The first-order valence-corrected chi connectivity index (χ1v) is 8.78. The third-order valence-electron chi connectivity index (χ3n) is 5.14. The number of aryl methyl sites for hydroxylation is 2. The molecule has 2 heterocycles. The minimum Gasteiger partial charge on any atom is -0.497 e. The summed E-state index contributed by atoms with van der Waals surface area (Å²) in [7, 11) is 1.66. The molecule has 1 aliphatic rings. The molecule has 132 valence electrons. The van der Waals surface area contributed by atoms with E-state index in [-0.39, 0.29) is 5.78 Å². The van der Waals surface area contributed by atoms with Gasteiger partial charge < -0.3 is 4.74 Å². The van der Waals surface area contributed by atoms with Crippen molar-refractivity contribution in [2.24, 2.45) is 0 Å². The number of aromatic nitrogens is 3. The molecule has 4 aromatic rings. The van der Waals surface area contributed by atoms with Crippen LogP contribution in [0.2, 0.25) is 0 Å². The molecule has 2 aromatic carbocycles. The first kappa shape index (κ1) is 15.8. The van der Waals surface area contributed by atoms with Crippen molar-refractivity contribution in [2.75, 3.05) is 7.11 Å². The van der Waals surface area contributed by atoms with Crippen LogP contribution in [0.25, 0.3) is 28.0 Å². The van der Waals surface area contributed by atoms with Crippen molar-refractivity contribution in [3.05, 3.63) is 70.9 Å². The van der Waals surface area contributed by atoms with Crippen LogP contribution >= 0.6 is 0 Å². The summed E-state index contributed by atoms with van der Waals surface area (Å²) in [6.45, 7) is 3.92. The lowest BCUT2D eigenvalue weighted by molar-refractivity contribution is 0.104. The maximum Gasteiger partial charge on any atom is 0.197 e. The molecular weight excluding hydrogens is 338 g/mol. The van der Waals surface area contributed by atoms with Gasteiger partial charge in [0.05, 0.1) is 29.6 Å². The number of pyridine rings is 1. The molecule has 2 aromatic heterocycles. The van der Waals surface area contributed by atoms with Gasteiger partial charge in [-0.25, -0.2) is 9.67 Å². The number of benzene rings is 2. The van der Waals surface area contributed by atoms with Crippen LogP contribution < -0.4 is 4.74 Å². The Kier molecular flexibility index (Phi) is 3.22. The molecule has 0 N–H and O–H groups in total. The Labute approximate surface area is 156 Å². The average Bonchev–Trinajstić information content (AvgIpc) is 3.18. The molecule has 0 aliphatic heterocycles. The Morgan fingerprint density at radius 1 is 1.00 bits per heavy atom. The number of hydrogen-bond donors (Lipinski definition) is 0. The molecule has 27 heavy (non-hydrogen) atoms. The quantitative estimate of drug-likeness (QED) is 0.475. The highest BCUT2D eigenvalue weighted by Gasteiger charge is 2.33. The zero-order valence-corrected chi connectivity index (χ0v) is 15.3. The molecule has 0 amide bonds. The van der Waals surface area contributed by atoms with Crippen LogP contribution in [0, 0.1) is 13.8 Å². The topological polar surface area (TPSA) is 57.0 Å². The molecule has 0 bridgehead atoms. The lowest BCUT2D eigenvalue weighted by Gasteiger charge is -2.10. The molecule has 0 unspecified atom stereocenters. The van der Waals surface area contributed by atoms with E-state index in [1.165, 1.54) is 0 Å². The maximum absolute atomic E-state index is 12.8. The lowest BCUT2D eigenvalue weighted by Crippen LogP contribution is -2.03. The highest BCUT2D eigenvalue weighted by Crippen LogP contribution is 2.39. The van der Waals surface area contributed by atoms with Crippen LogP contribution in [0.4, 0.5) is 0 Å². The minimum atomic E-state index is 0.0339. The van der Waals surface area contributed by atoms with Crippen molar-refractivity contribution in [1.29, 1.82) is 0 Å². The lowest BCUT2D eigenvalue weighted by atomic mass is 10.1. The standard InChI is InChI=1S/C22H17N3O2/c1-12-10-19(23-18-9-8-14(27-3)11-17(12)18)25-21-15-6-4-5-7-16(15)22(26)20(21)13(2)24-25/h4-11H,1-3H3. The fourth-order valence-corrected chi connectivity index (χ4v) is 3.83. The number of nitrogens with zero attached hydrogens (tertiary/aromatic N) is 3. The Morgan fingerprint density at radius 2 is 1.78 bits per heavy atom. The van der Waals surface area contributed by atoms with Gasteiger partial charge in [0.2, 0.25) is 0 Å². The van der Waals surface area contributed by atoms with Crippen LogP contribution in [-0.2, 0) is 0 Å². The van der Waals surface area contributed by atoms with Crippen LogP contribution in [0.5, 0.6) is 5.75 Å². The molecule has 0 atom stereocenters. The van der Waals surface area contributed by atoms with Crippen LogP contribution in [0.15, 0.2) is 48.5 Å². The molecule has 0 fully saturated rings. The summed E-state index contributed by atoms with van der Waals surface area (Å²) in [4.78, 5) is 17.6. The van der Waals surface area contributed by atoms with Gasteiger partial charge in [0.25, 0.3) is 0 Å². The fraction of sp³-hybridized carbons (Fsp3) is 0.136. The summed E-state index contributed by atoms with van der Waals surface area (Å²) in [5.74, 6) is 1.54. The van der Waals surface area contributed by atoms with Gasteiger partial charge >= 0.3 is 0 Å². The maximum atomic E-state index is 12.8. The second-order valence-corrected chi connectivity index (χ2v) is 6.78. The second kappa shape index (κ2) is 5.51. The monoisotopic (exact) mass is 355 g/mol. The molecule has 5 heteroatoms. The zero-order chi connectivity index (χ0) is 18.7. The Morgan fingerprint density at radius 3 is 2.56 bits per heavy atom. The smallest absolute Gasteiger partial charge is 0.197 e. The van der Waals surface area contributed by atoms with Crippen LogP contribution in [-0.4, -0.2) is 27.7 Å². The zero-order valence-electron chi connectivity index (χ0n) is 15.3. The van der Waals surface area contributed by atoms with Gasteiger partial charge in [-0.15, -0.1) is 0 Å². The molecule has 5 rings (SSSR count). The summed E-state index contributed by atoms with van der Waals surface area (Å²) >= 11 is 0. The SMILES string of the molecule is COc1ccc2nc(-n3nc(C)c4c3-c3ccccc3C4=O)cc(C)c2c1. The first-order valence-electron chi connectivity index (χ1n) is 8.78. The predicted octanol–water partition coefficient (Wildman–Crippen LogP) is 4.26. The molecule has 0 saturated carbocycles. The number of ketones is 1. The van der Waals surface area contributed by atoms with Crippen molar-refractivity contribution in [2.45, 2.75) is 13.8 Å². The van der Waals surface area contributed by atoms with E-state index in [4.69, 9.17) is 9.72 Å². The summed E-state index contributed by atoms with van der Waals surface area (Å²) < 4.78 is 7.12. The van der Waals surface area contributed by atoms with Crippen molar-refractivity contribution >= 4 is 16.7 Å². The molecule has 5 nitrogen and oxygen atoms in total. The van der Waals surface area contributed by atoms with Gasteiger partial charge in [0.1, 0.15) is 5.75 Å². The summed E-state index contributed by atoms with van der Waals surface area (Å²) in [5.41, 5.74) is 5.80. The summed E-state index contributed by atoms with van der Waals surface area (Å²) in [6, 6.07) is 15.5. The van der Waals surface area contributed by atoms with Crippen LogP contribution in [0.1, 0.15) is 27.2 Å². The molecule has 0 radical (unpaired) electrons. The highest BCUT2D eigenvalue weighted by molar-refractivity contribution is 6.21. The van der Waals surface area contributed by atoms with Crippen molar-refractivity contribution in [3.8, 4) is 22.8 Å². The molecule has 0 spiro atoms. The van der Waals surface area contributed by atoms with E-state index >= 15 is 0 Å². The Bertz CT molecular complexity index is 1250. The summed E-state index contributed by atoms with van der Waals surface area (Å²) in [6.07, 6.45) is 0. The van der Waals surface area contributed by atoms with E-state index in [2.05, 4.69) is 5.10 Å². The van der Waals surface area contributed by atoms with Gasteiger partial charge in [-0.3, -0.25) is 4.79 Å². The number of rotatable bonds is 2. The number of fused-ring (bicyclic) bond motifs is 4. The molecular formula is C22H17N3O2. The molecule has 1 aliphatic carbocycles. The molecule has 0 saturated heterocycles. The van der Waals surface area contributed by atoms with Gasteiger partial charge in [0, 0.05) is 16.5 Å². The van der Waals surface area contributed by atoms with E-state index < -0.39 is 0 Å². The van der Waals surface area contributed by atoms with E-state index in [1.54, 1.807) is 11.8 Å². The van der Waals surface area contributed by atoms with E-state index in [0.29, 0.717) is 11.4 Å². The highest BCUT2D eigenvalue weighted by atomic mass is 16.5. The van der Waals surface area contributed by atoms with Gasteiger partial charge in [-0.2, -0.15) is 5.10 Å². The van der Waals surface area contributed by atoms with Gasteiger partial charge in [-0.05, 0) is 43.7 Å². The Balaban J connectivity index is 1.78. The first-order chi connectivity index (χ1) is 13.1. The predicted molar refractivity (Wildman–Crippen MR) is 104 cm³/mol. The largest absolute Gasteiger partial charge is 0.497 e. The number of methoxy groups -OCH3 is 1. The Hall–Kier alpha value is -3.47. The average molecular weight is 355 g/mol. The van der Waals surface area contributed by atoms with Gasteiger partial charge in [-0.1, -0.05) is 24.3 Å². The van der Waals surface area contributed by atoms with Crippen molar-refractivity contribution < 1.29 is 9.53 Å². The second-order valence-electron chi connectivity index (χ2n) is 6.78. The minimum absolute atomic E-state index is 0.0339. The number of ether oxygens (including phenoxy) is 1. The van der Waals surface area contributed by atoms with E-state index in [1.807, 2.05) is 62.4 Å². The summed E-state index contributed by atoms with van der Waals surface area (Å²) in [5, 5.41) is 5.68. The van der Waals surface area contributed by atoms with Crippen molar-refractivity contribution in [1.82, 2.24) is 14.8 Å².